The Morgan fingerprint density at radius 3 is 2.79 bits per heavy atom. The second-order valence-electron chi connectivity index (χ2n) is 9.40. The minimum Gasteiger partial charge on any atom is -0.444 e. The van der Waals surface area contributed by atoms with Crippen molar-refractivity contribution in [1.29, 1.82) is 0 Å². The molecule has 33 heavy (non-hydrogen) atoms. The van der Waals surface area contributed by atoms with Crippen LogP contribution in [0.1, 0.15) is 38.3 Å². The van der Waals surface area contributed by atoms with Gasteiger partial charge in [-0.2, -0.15) is 0 Å². The number of aryl methyl sites for hydroxylation is 1. The molecule has 2 aromatic rings. The molecule has 174 valence electrons. The standard InChI is InChI=1S/C25H29FN4O3/c1-15-6-5-7-21-22(15)18(23(31)29-21)13-27-16-8-9-20(19(26)12-16)28-17-10-11-30(14-17)24(32)33-25(2,3)4/h5-9,12-13,17,27-28H,10-11,14H2,1-4H3,(H,29,31). The molecule has 0 bridgehead atoms. The summed E-state index contributed by atoms with van der Waals surface area (Å²) in [6, 6.07) is 10.4. The van der Waals surface area contributed by atoms with E-state index in [0.29, 0.717) is 36.5 Å². The van der Waals surface area contributed by atoms with Gasteiger partial charge in [0.05, 0.1) is 11.3 Å². The van der Waals surface area contributed by atoms with E-state index in [1.165, 1.54) is 6.07 Å². The Hall–Kier alpha value is -3.55. The van der Waals surface area contributed by atoms with E-state index in [4.69, 9.17) is 4.74 Å². The van der Waals surface area contributed by atoms with Crippen LogP contribution < -0.4 is 16.0 Å². The Labute approximate surface area is 193 Å². The van der Waals surface area contributed by atoms with Crippen molar-refractivity contribution in [2.45, 2.75) is 45.8 Å². The number of likely N-dealkylation sites (tertiary alicyclic amines) is 1. The van der Waals surface area contributed by atoms with Crippen molar-refractivity contribution >= 4 is 34.6 Å². The molecule has 0 spiro atoms. The largest absolute Gasteiger partial charge is 0.444 e. The molecule has 7 nitrogen and oxygen atoms in total. The molecule has 2 heterocycles. The first-order valence-corrected chi connectivity index (χ1v) is 11.0. The maximum Gasteiger partial charge on any atom is 0.410 e. The second kappa shape index (κ2) is 8.77. The van der Waals surface area contributed by atoms with Gasteiger partial charge in [-0.05, 0) is 63.9 Å². The smallest absolute Gasteiger partial charge is 0.410 e. The molecule has 0 saturated carbocycles. The number of hydrogen-bond acceptors (Lipinski definition) is 5. The van der Waals surface area contributed by atoms with Gasteiger partial charge in [0.15, 0.2) is 0 Å². The summed E-state index contributed by atoms with van der Waals surface area (Å²) in [5.74, 6) is -0.608. The van der Waals surface area contributed by atoms with Gasteiger partial charge in [0, 0.05) is 42.3 Å². The summed E-state index contributed by atoms with van der Waals surface area (Å²) in [6.07, 6.45) is 1.96. The molecule has 2 aliphatic rings. The van der Waals surface area contributed by atoms with Gasteiger partial charge in [-0.15, -0.1) is 0 Å². The minimum absolute atomic E-state index is 0.0605. The number of nitrogens with zero attached hydrogens (tertiary/aromatic N) is 1. The maximum absolute atomic E-state index is 14.8. The van der Waals surface area contributed by atoms with Crippen molar-refractivity contribution in [1.82, 2.24) is 4.90 Å². The third-order valence-corrected chi connectivity index (χ3v) is 5.59. The first-order chi connectivity index (χ1) is 15.6. The van der Waals surface area contributed by atoms with Gasteiger partial charge < -0.3 is 25.6 Å². The SMILES string of the molecule is Cc1cccc2c1C(=CNc1ccc(NC3CCN(C(=O)OC(C)(C)C)C3)c(F)c1)C(=O)N2. The number of rotatable bonds is 4. The van der Waals surface area contributed by atoms with Crippen molar-refractivity contribution in [2.75, 3.05) is 29.0 Å². The number of ether oxygens (including phenoxy) is 1. The van der Waals surface area contributed by atoms with Crippen LogP contribution in [0.5, 0.6) is 0 Å². The van der Waals surface area contributed by atoms with Gasteiger partial charge in [0.2, 0.25) is 0 Å². The van der Waals surface area contributed by atoms with Crippen LogP contribution in [0.25, 0.3) is 5.57 Å². The quantitative estimate of drug-likeness (QED) is 0.571. The normalized spacial score (nSPS) is 18.8. The molecule has 1 saturated heterocycles. The summed E-state index contributed by atoms with van der Waals surface area (Å²) in [5.41, 5.74) is 3.47. The molecule has 1 fully saturated rings. The van der Waals surface area contributed by atoms with Crippen LogP contribution in [-0.4, -0.2) is 41.6 Å². The highest BCUT2D eigenvalue weighted by atomic mass is 19.1. The summed E-state index contributed by atoms with van der Waals surface area (Å²) in [5, 5.41) is 9.05. The number of halogens is 1. The lowest BCUT2D eigenvalue weighted by Crippen LogP contribution is -2.36. The molecule has 0 aliphatic carbocycles. The molecule has 0 aromatic heterocycles. The highest BCUT2D eigenvalue weighted by Crippen LogP contribution is 2.34. The number of benzene rings is 2. The second-order valence-corrected chi connectivity index (χ2v) is 9.40. The highest BCUT2D eigenvalue weighted by Gasteiger charge is 2.30. The minimum atomic E-state index is -0.549. The number of carbonyl (C=O) groups excluding carboxylic acids is 2. The summed E-state index contributed by atoms with van der Waals surface area (Å²) in [4.78, 5) is 26.2. The van der Waals surface area contributed by atoms with Crippen molar-refractivity contribution in [3.63, 3.8) is 0 Å². The highest BCUT2D eigenvalue weighted by molar-refractivity contribution is 6.32. The van der Waals surface area contributed by atoms with Crippen molar-refractivity contribution in [3.8, 4) is 0 Å². The number of amides is 2. The van der Waals surface area contributed by atoms with Gasteiger partial charge in [-0.3, -0.25) is 4.79 Å². The van der Waals surface area contributed by atoms with Gasteiger partial charge in [0.1, 0.15) is 11.4 Å². The van der Waals surface area contributed by atoms with E-state index in [2.05, 4.69) is 16.0 Å². The van der Waals surface area contributed by atoms with Crippen LogP contribution in [0.15, 0.2) is 42.6 Å². The summed E-state index contributed by atoms with van der Waals surface area (Å²) >= 11 is 0. The van der Waals surface area contributed by atoms with Crippen molar-refractivity contribution in [2.24, 2.45) is 0 Å². The average Bonchev–Trinajstić information content (AvgIpc) is 3.32. The van der Waals surface area contributed by atoms with E-state index in [0.717, 1.165) is 16.8 Å². The van der Waals surface area contributed by atoms with Gasteiger partial charge in [-0.1, -0.05) is 12.1 Å². The Morgan fingerprint density at radius 2 is 2.06 bits per heavy atom. The molecule has 8 heteroatoms. The van der Waals surface area contributed by atoms with Crippen LogP contribution >= 0.6 is 0 Å². The lowest BCUT2D eigenvalue weighted by Gasteiger charge is -2.24. The molecule has 1 atom stereocenters. The van der Waals surface area contributed by atoms with Crippen LogP contribution in [0.4, 0.5) is 26.2 Å². The van der Waals surface area contributed by atoms with Crippen LogP contribution in [0.3, 0.4) is 0 Å². The fraction of sp³-hybridized carbons (Fsp3) is 0.360. The third kappa shape index (κ3) is 5.10. The number of carbonyl (C=O) groups is 2. The molecular formula is C25H29FN4O3. The predicted molar refractivity (Wildman–Crippen MR) is 128 cm³/mol. The molecule has 3 N–H and O–H groups in total. The fourth-order valence-corrected chi connectivity index (χ4v) is 4.04. The zero-order chi connectivity index (χ0) is 23.8. The molecule has 1 unspecified atom stereocenters. The number of anilines is 3. The molecular weight excluding hydrogens is 423 g/mol. The molecule has 2 amide bonds. The predicted octanol–water partition coefficient (Wildman–Crippen LogP) is 4.96. The zero-order valence-electron chi connectivity index (χ0n) is 19.3. The van der Waals surface area contributed by atoms with Gasteiger partial charge >= 0.3 is 6.09 Å². The topological polar surface area (TPSA) is 82.7 Å². The molecule has 4 rings (SSSR count). The molecule has 2 aliphatic heterocycles. The van der Waals surface area contributed by atoms with E-state index in [9.17, 15) is 14.0 Å². The van der Waals surface area contributed by atoms with Crippen LogP contribution in [-0.2, 0) is 9.53 Å². The zero-order valence-corrected chi connectivity index (χ0v) is 19.3. The Morgan fingerprint density at radius 1 is 1.27 bits per heavy atom. The fourth-order valence-electron chi connectivity index (χ4n) is 4.04. The van der Waals surface area contributed by atoms with Crippen LogP contribution in [0, 0.1) is 12.7 Å². The molecule has 2 aromatic carbocycles. The van der Waals surface area contributed by atoms with E-state index in [1.54, 1.807) is 23.2 Å². The van der Waals surface area contributed by atoms with E-state index in [1.807, 2.05) is 45.9 Å². The van der Waals surface area contributed by atoms with E-state index >= 15 is 0 Å². The molecule has 0 radical (unpaired) electrons. The van der Waals surface area contributed by atoms with Crippen molar-refractivity contribution < 1.29 is 18.7 Å². The van der Waals surface area contributed by atoms with Crippen LogP contribution in [0.2, 0.25) is 0 Å². The third-order valence-electron chi connectivity index (χ3n) is 5.59. The lowest BCUT2D eigenvalue weighted by molar-refractivity contribution is -0.110. The monoisotopic (exact) mass is 452 g/mol. The Balaban J connectivity index is 1.39. The summed E-state index contributed by atoms with van der Waals surface area (Å²) in [6.45, 7) is 8.45. The van der Waals surface area contributed by atoms with Gasteiger partial charge in [0.25, 0.3) is 5.91 Å². The van der Waals surface area contributed by atoms with Crippen molar-refractivity contribution in [3.05, 3.63) is 59.5 Å². The first kappa shape index (κ1) is 22.6. The summed E-state index contributed by atoms with van der Waals surface area (Å²) in [7, 11) is 0. The van der Waals surface area contributed by atoms with E-state index in [-0.39, 0.29) is 18.0 Å². The lowest BCUT2D eigenvalue weighted by atomic mass is 10.0. The Kier molecular flexibility index (Phi) is 6.01. The van der Waals surface area contributed by atoms with E-state index < -0.39 is 11.4 Å². The number of nitrogens with one attached hydrogen (secondary N) is 3. The Bertz CT molecular complexity index is 1120. The number of hydrogen-bond donors (Lipinski definition) is 3. The first-order valence-electron chi connectivity index (χ1n) is 11.0. The van der Waals surface area contributed by atoms with Gasteiger partial charge in [-0.25, -0.2) is 9.18 Å². The summed E-state index contributed by atoms with van der Waals surface area (Å²) < 4.78 is 20.2. The maximum atomic E-state index is 14.8. The average molecular weight is 453 g/mol. The number of fused-ring (bicyclic) bond motifs is 1.